The summed E-state index contributed by atoms with van der Waals surface area (Å²) >= 11 is 0. The van der Waals surface area contributed by atoms with Crippen LogP contribution in [0.4, 0.5) is 0 Å². The number of aryl methyl sites for hydroxylation is 1. The summed E-state index contributed by atoms with van der Waals surface area (Å²) in [6, 6.07) is -0.0644. The molecule has 0 saturated carbocycles. The number of carbonyl (C=O) groups excluding carboxylic acids is 1. The second kappa shape index (κ2) is 4.75. The van der Waals surface area contributed by atoms with Gasteiger partial charge in [-0.25, -0.2) is 4.79 Å². The zero-order valence-corrected chi connectivity index (χ0v) is 9.10. The SMILES string of the molecule is COC(=O)c1cnn(C)c1/C=C/C(C)N. The highest BCUT2D eigenvalue weighted by Crippen LogP contribution is 2.11. The van der Waals surface area contributed by atoms with E-state index in [1.54, 1.807) is 23.9 Å². The minimum Gasteiger partial charge on any atom is -0.465 e. The first-order chi connectivity index (χ1) is 7.06. The lowest BCUT2D eigenvalue weighted by Gasteiger charge is -2.00. The molecule has 15 heavy (non-hydrogen) atoms. The molecule has 0 fully saturated rings. The van der Waals surface area contributed by atoms with Crippen LogP contribution in [-0.4, -0.2) is 28.9 Å². The fourth-order valence-corrected chi connectivity index (χ4v) is 1.15. The van der Waals surface area contributed by atoms with Crippen molar-refractivity contribution in [2.75, 3.05) is 7.11 Å². The van der Waals surface area contributed by atoms with E-state index < -0.39 is 5.97 Å². The van der Waals surface area contributed by atoms with Crippen molar-refractivity contribution in [3.8, 4) is 0 Å². The molecule has 0 aliphatic heterocycles. The number of esters is 1. The molecule has 0 aliphatic carbocycles. The number of rotatable bonds is 3. The van der Waals surface area contributed by atoms with Crippen LogP contribution in [0.3, 0.4) is 0 Å². The van der Waals surface area contributed by atoms with Gasteiger partial charge in [-0.05, 0) is 13.0 Å². The van der Waals surface area contributed by atoms with E-state index in [4.69, 9.17) is 5.73 Å². The predicted octanol–water partition coefficient (Wildman–Crippen LogP) is 0.567. The van der Waals surface area contributed by atoms with Gasteiger partial charge in [0.1, 0.15) is 5.56 Å². The Morgan fingerprint density at radius 1 is 1.73 bits per heavy atom. The van der Waals surface area contributed by atoms with Crippen LogP contribution in [-0.2, 0) is 11.8 Å². The van der Waals surface area contributed by atoms with Crippen molar-refractivity contribution in [2.24, 2.45) is 12.8 Å². The van der Waals surface area contributed by atoms with E-state index in [0.29, 0.717) is 11.3 Å². The molecule has 1 rings (SSSR count). The lowest BCUT2D eigenvalue weighted by atomic mass is 10.2. The topological polar surface area (TPSA) is 70.1 Å². The summed E-state index contributed by atoms with van der Waals surface area (Å²) in [6.45, 7) is 1.85. The van der Waals surface area contributed by atoms with E-state index in [0.717, 1.165) is 0 Å². The van der Waals surface area contributed by atoms with E-state index in [1.807, 2.05) is 6.92 Å². The quantitative estimate of drug-likeness (QED) is 0.739. The molecule has 0 aromatic carbocycles. The zero-order chi connectivity index (χ0) is 11.4. The van der Waals surface area contributed by atoms with Gasteiger partial charge >= 0.3 is 5.97 Å². The lowest BCUT2D eigenvalue weighted by Crippen LogP contribution is -2.11. The molecule has 82 valence electrons. The van der Waals surface area contributed by atoms with Gasteiger partial charge in [0.15, 0.2) is 0 Å². The van der Waals surface area contributed by atoms with Crippen LogP contribution in [0.5, 0.6) is 0 Å². The highest BCUT2D eigenvalue weighted by atomic mass is 16.5. The van der Waals surface area contributed by atoms with Crippen molar-refractivity contribution < 1.29 is 9.53 Å². The summed E-state index contributed by atoms with van der Waals surface area (Å²) in [5, 5.41) is 3.99. The molecule has 2 N–H and O–H groups in total. The molecular weight excluding hydrogens is 194 g/mol. The summed E-state index contributed by atoms with van der Waals surface area (Å²) in [4.78, 5) is 11.4. The van der Waals surface area contributed by atoms with Crippen molar-refractivity contribution in [1.82, 2.24) is 9.78 Å². The number of nitrogens with two attached hydrogens (primary N) is 1. The number of carbonyl (C=O) groups is 1. The van der Waals surface area contributed by atoms with Crippen LogP contribution < -0.4 is 5.73 Å². The van der Waals surface area contributed by atoms with Crippen LogP contribution in [0.1, 0.15) is 23.0 Å². The van der Waals surface area contributed by atoms with Gasteiger partial charge in [0, 0.05) is 13.1 Å². The van der Waals surface area contributed by atoms with Gasteiger partial charge in [-0.2, -0.15) is 5.10 Å². The average molecular weight is 209 g/mol. The maximum atomic E-state index is 11.4. The molecule has 1 heterocycles. The van der Waals surface area contributed by atoms with Gasteiger partial charge < -0.3 is 10.5 Å². The Kier molecular flexibility index (Phi) is 3.62. The number of hydrogen-bond donors (Lipinski definition) is 1. The molecule has 1 unspecified atom stereocenters. The molecule has 1 aromatic rings. The van der Waals surface area contributed by atoms with E-state index in [1.165, 1.54) is 13.3 Å². The summed E-state index contributed by atoms with van der Waals surface area (Å²) in [7, 11) is 3.10. The Balaban J connectivity index is 3.04. The molecule has 0 saturated heterocycles. The highest BCUT2D eigenvalue weighted by Gasteiger charge is 2.13. The number of aromatic nitrogens is 2. The molecule has 1 atom stereocenters. The summed E-state index contributed by atoms with van der Waals surface area (Å²) in [6.07, 6.45) is 5.04. The van der Waals surface area contributed by atoms with Crippen molar-refractivity contribution in [1.29, 1.82) is 0 Å². The molecule has 0 amide bonds. The molecule has 1 aromatic heterocycles. The van der Waals surface area contributed by atoms with Gasteiger partial charge in [0.2, 0.25) is 0 Å². The van der Waals surface area contributed by atoms with E-state index in [-0.39, 0.29) is 6.04 Å². The Hall–Kier alpha value is -1.62. The van der Waals surface area contributed by atoms with Crippen molar-refractivity contribution >= 4 is 12.0 Å². The van der Waals surface area contributed by atoms with Crippen molar-refractivity contribution in [3.05, 3.63) is 23.5 Å². The highest BCUT2D eigenvalue weighted by molar-refractivity contribution is 5.92. The van der Waals surface area contributed by atoms with Crippen LogP contribution in [0.2, 0.25) is 0 Å². The van der Waals surface area contributed by atoms with Crippen LogP contribution in [0.25, 0.3) is 6.08 Å². The Morgan fingerprint density at radius 2 is 2.40 bits per heavy atom. The molecule has 0 aliphatic rings. The minimum absolute atomic E-state index is 0.0644. The monoisotopic (exact) mass is 209 g/mol. The fourth-order valence-electron chi connectivity index (χ4n) is 1.15. The number of nitrogens with zero attached hydrogens (tertiary/aromatic N) is 2. The normalized spacial score (nSPS) is 13.1. The van der Waals surface area contributed by atoms with Crippen LogP contribution in [0, 0.1) is 0 Å². The third-order valence-corrected chi connectivity index (χ3v) is 1.95. The molecule has 0 bridgehead atoms. The second-order valence-electron chi connectivity index (χ2n) is 3.28. The molecular formula is C10H15N3O2. The van der Waals surface area contributed by atoms with Gasteiger partial charge in [-0.3, -0.25) is 4.68 Å². The van der Waals surface area contributed by atoms with Crippen LogP contribution in [0.15, 0.2) is 12.3 Å². The van der Waals surface area contributed by atoms with Gasteiger partial charge in [0.25, 0.3) is 0 Å². The van der Waals surface area contributed by atoms with Gasteiger partial charge in [-0.15, -0.1) is 0 Å². The predicted molar refractivity (Wildman–Crippen MR) is 57.2 cm³/mol. The lowest BCUT2D eigenvalue weighted by molar-refractivity contribution is 0.0600. The zero-order valence-electron chi connectivity index (χ0n) is 9.10. The van der Waals surface area contributed by atoms with Crippen molar-refractivity contribution in [3.63, 3.8) is 0 Å². The summed E-state index contributed by atoms with van der Waals surface area (Å²) in [5.74, 6) is -0.396. The van der Waals surface area contributed by atoms with Gasteiger partial charge in [-0.1, -0.05) is 6.08 Å². The Morgan fingerprint density at radius 3 is 2.93 bits per heavy atom. The van der Waals surface area contributed by atoms with E-state index in [9.17, 15) is 4.79 Å². The summed E-state index contributed by atoms with van der Waals surface area (Å²) < 4.78 is 6.24. The third kappa shape index (κ3) is 2.66. The van der Waals surface area contributed by atoms with Crippen molar-refractivity contribution in [2.45, 2.75) is 13.0 Å². The standard InChI is InChI=1S/C10H15N3O2/c1-7(11)4-5-9-8(10(14)15-3)6-12-13(9)2/h4-7H,11H2,1-3H3/b5-4+. The smallest absolute Gasteiger partial charge is 0.341 e. The Labute approximate surface area is 88.5 Å². The maximum Gasteiger partial charge on any atom is 0.341 e. The molecule has 0 radical (unpaired) electrons. The largest absolute Gasteiger partial charge is 0.465 e. The maximum absolute atomic E-state index is 11.4. The first-order valence-electron chi connectivity index (χ1n) is 4.60. The van der Waals surface area contributed by atoms with Gasteiger partial charge in [0.05, 0.1) is 19.0 Å². The van der Waals surface area contributed by atoms with Crippen LogP contribution >= 0.6 is 0 Å². The third-order valence-electron chi connectivity index (χ3n) is 1.95. The van der Waals surface area contributed by atoms with E-state index >= 15 is 0 Å². The Bertz CT molecular complexity index is 380. The molecule has 0 spiro atoms. The average Bonchev–Trinajstić information content (AvgIpc) is 2.55. The minimum atomic E-state index is -0.396. The fraction of sp³-hybridized carbons (Fsp3) is 0.400. The first-order valence-corrected chi connectivity index (χ1v) is 4.60. The van der Waals surface area contributed by atoms with E-state index in [2.05, 4.69) is 9.84 Å². The first kappa shape index (κ1) is 11.5. The molecule has 5 nitrogen and oxygen atoms in total. The second-order valence-corrected chi connectivity index (χ2v) is 3.28. The number of hydrogen-bond acceptors (Lipinski definition) is 4. The number of ether oxygens (including phenoxy) is 1. The summed E-state index contributed by atoms with van der Waals surface area (Å²) in [5.41, 5.74) is 6.72. The number of methoxy groups -OCH3 is 1. The molecule has 5 heteroatoms.